The van der Waals surface area contributed by atoms with E-state index < -0.39 is 0 Å². The van der Waals surface area contributed by atoms with E-state index in [-0.39, 0.29) is 0 Å². The van der Waals surface area contributed by atoms with Crippen LogP contribution in [0, 0.1) is 6.92 Å². The van der Waals surface area contributed by atoms with Gasteiger partial charge in [0.1, 0.15) is 0 Å². The van der Waals surface area contributed by atoms with Gasteiger partial charge in [-0.2, -0.15) is 4.58 Å². The number of allylic oxidation sites excluding steroid dienone is 2. The molecule has 2 aromatic carbocycles. The molecule has 0 N–H and O–H groups in total. The van der Waals surface area contributed by atoms with Gasteiger partial charge in [0.05, 0.1) is 0 Å². The Kier molecular flexibility index (Phi) is 2.46. The first-order chi connectivity index (χ1) is 9.83. The van der Waals surface area contributed by atoms with Gasteiger partial charge in [-0.15, -0.1) is 0 Å². The van der Waals surface area contributed by atoms with E-state index in [4.69, 9.17) is 0 Å². The second-order valence-corrected chi connectivity index (χ2v) is 5.41. The molecule has 2 aliphatic rings. The standard InChI is InChI=1S/C19H16N/c1-14-6-2-4-8-17(14)16-10-11-19-18-9-5-3-7-15(18)12-20(19)13-16/h2-13,19H,1H3/q+1. The van der Waals surface area contributed by atoms with E-state index in [1.165, 1.54) is 27.8 Å². The molecule has 0 saturated carbocycles. The molecule has 96 valence electrons. The fraction of sp³-hybridized carbons (Fsp3) is 0.105. The summed E-state index contributed by atoms with van der Waals surface area (Å²) < 4.78 is 2.31. The van der Waals surface area contributed by atoms with E-state index in [0.717, 1.165) is 0 Å². The molecule has 1 unspecified atom stereocenters. The van der Waals surface area contributed by atoms with Crippen molar-refractivity contribution in [2.75, 3.05) is 0 Å². The van der Waals surface area contributed by atoms with Crippen molar-refractivity contribution in [3.05, 3.63) is 89.1 Å². The Hall–Kier alpha value is -2.41. The topological polar surface area (TPSA) is 3.01 Å². The van der Waals surface area contributed by atoms with E-state index in [1.54, 1.807) is 0 Å². The van der Waals surface area contributed by atoms with Gasteiger partial charge in [-0.1, -0.05) is 42.5 Å². The van der Waals surface area contributed by atoms with Crippen LogP contribution in [-0.4, -0.2) is 10.8 Å². The monoisotopic (exact) mass is 258 g/mol. The van der Waals surface area contributed by atoms with Crippen LogP contribution in [0.15, 0.2) is 66.9 Å². The Morgan fingerprint density at radius 2 is 1.75 bits per heavy atom. The van der Waals surface area contributed by atoms with Gasteiger partial charge in [0, 0.05) is 16.7 Å². The summed E-state index contributed by atoms with van der Waals surface area (Å²) in [6, 6.07) is 17.5. The first kappa shape index (κ1) is 11.4. The molecule has 2 aliphatic heterocycles. The third kappa shape index (κ3) is 1.67. The predicted molar refractivity (Wildman–Crippen MR) is 82.9 cm³/mol. The van der Waals surface area contributed by atoms with Gasteiger partial charge in [-0.05, 0) is 36.3 Å². The van der Waals surface area contributed by atoms with Crippen LogP contribution in [0.1, 0.15) is 28.3 Å². The maximum atomic E-state index is 2.31. The van der Waals surface area contributed by atoms with Crippen LogP contribution in [-0.2, 0) is 0 Å². The van der Waals surface area contributed by atoms with Gasteiger partial charge in [-0.25, -0.2) is 0 Å². The Balaban J connectivity index is 1.80. The number of nitrogens with zero attached hydrogens (tertiary/aromatic N) is 1. The molecule has 0 fully saturated rings. The van der Waals surface area contributed by atoms with Gasteiger partial charge in [0.25, 0.3) is 0 Å². The number of fused-ring (bicyclic) bond motifs is 3. The Bertz CT molecular complexity index is 778. The minimum atomic E-state index is 0.360. The Morgan fingerprint density at radius 3 is 2.65 bits per heavy atom. The van der Waals surface area contributed by atoms with Gasteiger partial charge in [0.15, 0.2) is 12.4 Å². The zero-order chi connectivity index (χ0) is 13.5. The zero-order valence-corrected chi connectivity index (χ0v) is 11.5. The van der Waals surface area contributed by atoms with E-state index in [2.05, 4.69) is 84.6 Å². The van der Waals surface area contributed by atoms with Crippen LogP contribution in [0.4, 0.5) is 0 Å². The molecule has 0 amide bonds. The van der Waals surface area contributed by atoms with Crippen LogP contribution >= 0.6 is 0 Å². The third-order valence-corrected chi connectivity index (χ3v) is 4.13. The minimum Gasteiger partial charge on any atom is -0.193 e. The summed E-state index contributed by atoms with van der Waals surface area (Å²) in [5.41, 5.74) is 6.63. The van der Waals surface area contributed by atoms with Crippen molar-refractivity contribution >= 4 is 11.8 Å². The van der Waals surface area contributed by atoms with Crippen LogP contribution in [0.2, 0.25) is 0 Å². The molecular formula is C19H16N+. The summed E-state index contributed by atoms with van der Waals surface area (Å²) in [6.45, 7) is 2.17. The summed E-state index contributed by atoms with van der Waals surface area (Å²) in [5.74, 6) is 0. The molecule has 0 aromatic heterocycles. The molecule has 2 heterocycles. The number of benzene rings is 2. The second kappa shape index (κ2) is 4.31. The molecule has 0 spiro atoms. The van der Waals surface area contributed by atoms with E-state index in [9.17, 15) is 0 Å². The summed E-state index contributed by atoms with van der Waals surface area (Å²) in [5, 5.41) is 0. The lowest BCUT2D eigenvalue weighted by Crippen LogP contribution is -2.10. The van der Waals surface area contributed by atoms with Crippen LogP contribution < -0.4 is 0 Å². The summed E-state index contributed by atoms with van der Waals surface area (Å²) in [6.07, 6.45) is 9.04. The lowest BCUT2D eigenvalue weighted by Gasteiger charge is -2.12. The molecule has 0 saturated heterocycles. The van der Waals surface area contributed by atoms with Gasteiger partial charge < -0.3 is 0 Å². The fourth-order valence-corrected chi connectivity index (χ4v) is 3.07. The molecule has 20 heavy (non-hydrogen) atoms. The lowest BCUT2D eigenvalue weighted by atomic mass is 9.96. The molecule has 1 atom stereocenters. The lowest BCUT2D eigenvalue weighted by molar-refractivity contribution is -0.483. The van der Waals surface area contributed by atoms with Crippen molar-refractivity contribution in [3.63, 3.8) is 0 Å². The highest BCUT2D eigenvalue weighted by molar-refractivity contribution is 5.83. The number of aryl methyl sites for hydroxylation is 1. The van der Waals surface area contributed by atoms with Crippen LogP contribution in [0.3, 0.4) is 0 Å². The number of hydrogen-bond donors (Lipinski definition) is 0. The van der Waals surface area contributed by atoms with Gasteiger partial charge in [-0.3, -0.25) is 0 Å². The highest BCUT2D eigenvalue weighted by Gasteiger charge is 2.31. The number of rotatable bonds is 1. The van der Waals surface area contributed by atoms with Crippen molar-refractivity contribution in [2.45, 2.75) is 13.0 Å². The highest BCUT2D eigenvalue weighted by Crippen LogP contribution is 2.33. The van der Waals surface area contributed by atoms with Crippen molar-refractivity contribution in [2.24, 2.45) is 0 Å². The summed E-state index contributed by atoms with van der Waals surface area (Å²) in [4.78, 5) is 0. The van der Waals surface area contributed by atoms with E-state index in [0.29, 0.717) is 6.04 Å². The summed E-state index contributed by atoms with van der Waals surface area (Å²) >= 11 is 0. The van der Waals surface area contributed by atoms with Gasteiger partial charge in [0.2, 0.25) is 6.04 Å². The Morgan fingerprint density at radius 1 is 0.950 bits per heavy atom. The van der Waals surface area contributed by atoms with E-state index in [1.807, 2.05) is 0 Å². The average molecular weight is 258 g/mol. The maximum Gasteiger partial charge on any atom is 0.203 e. The SMILES string of the molecule is Cc1ccccc1C1=C[N+]2=Cc3ccccc3C2C=C1. The fourth-order valence-electron chi connectivity index (χ4n) is 3.07. The van der Waals surface area contributed by atoms with Crippen molar-refractivity contribution < 1.29 is 4.58 Å². The van der Waals surface area contributed by atoms with Crippen molar-refractivity contribution in [3.8, 4) is 0 Å². The first-order valence-corrected chi connectivity index (χ1v) is 7.00. The maximum absolute atomic E-state index is 2.31. The molecule has 0 radical (unpaired) electrons. The first-order valence-electron chi connectivity index (χ1n) is 7.00. The molecule has 2 aromatic rings. The predicted octanol–water partition coefficient (Wildman–Crippen LogP) is 4.09. The largest absolute Gasteiger partial charge is 0.203 e. The molecule has 1 heteroatoms. The molecule has 0 bridgehead atoms. The van der Waals surface area contributed by atoms with Crippen LogP contribution in [0.5, 0.6) is 0 Å². The molecule has 0 aliphatic carbocycles. The summed E-state index contributed by atoms with van der Waals surface area (Å²) in [7, 11) is 0. The average Bonchev–Trinajstić information content (AvgIpc) is 2.85. The minimum absolute atomic E-state index is 0.360. The Labute approximate surface area is 119 Å². The molecule has 4 rings (SSSR count). The van der Waals surface area contributed by atoms with E-state index >= 15 is 0 Å². The quantitative estimate of drug-likeness (QED) is 0.678. The van der Waals surface area contributed by atoms with Crippen molar-refractivity contribution in [1.29, 1.82) is 0 Å². The zero-order valence-electron chi connectivity index (χ0n) is 11.5. The van der Waals surface area contributed by atoms with Crippen molar-refractivity contribution in [1.82, 2.24) is 0 Å². The van der Waals surface area contributed by atoms with Crippen LogP contribution in [0.25, 0.3) is 5.57 Å². The normalized spacial score (nSPS) is 19.1. The smallest absolute Gasteiger partial charge is 0.193 e. The highest BCUT2D eigenvalue weighted by atomic mass is 15.0. The third-order valence-electron chi connectivity index (χ3n) is 4.13. The molecular weight excluding hydrogens is 242 g/mol. The molecule has 1 nitrogen and oxygen atoms in total. The number of hydrogen-bond acceptors (Lipinski definition) is 0. The second-order valence-electron chi connectivity index (χ2n) is 5.41. The van der Waals surface area contributed by atoms with Gasteiger partial charge >= 0.3 is 0 Å².